The molecular formula is C37H41N3O6. The molecule has 1 aliphatic heterocycles. The minimum absolute atomic E-state index is 0.0234. The second-order valence-corrected chi connectivity index (χ2v) is 11.5. The van der Waals surface area contributed by atoms with E-state index < -0.39 is 24.3 Å². The number of esters is 1. The smallest absolute Gasteiger partial charge is 0.328 e. The number of benzene rings is 4. The van der Waals surface area contributed by atoms with Gasteiger partial charge in [-0.15, -0.1) is 0 Å². The Labute approximate surface area is 270 Å². The molecule has 0 radical (unpaired) electrons. The van der Waals surface area contributed by atoms with Gasteiger partial charge in [-0.1, -0.05) is 97.1 Å². The van der Waals surface area contributed by atoms with Crippen LogP contribution in [0.25, 0.3) is 0 Å². The zero-order valence-electron chi connectivity index (χ0n) is 26.2. The number of hydrogen-bond donors (Lipinski definition) is 3. The Kier molecular flexibility index (Phi) is 11.5. The molecule has 3 N–H and O–H groups in total. The number of nitrogens with one attached hydrogen (secondary N) is 2. The van der Waals surface area contributed by atoms with E-state index in [9.17, 15) is 14.7 Å². The average Bonchev–Trinajstić information content (AvgIpc) is 3.08. The van der Waals surface area contributed by atoms with Crippen LogP contribution in [0.2, 0.25) is 0 Å². The summed E-state index contributed by atoms with van der Waals surface area (Å²) in [7, 11) is 3.38. The van der Waals surface area contributed by atoms with Gasteiger partial charge in [0.1, 0.15) is 6.04 Å². The number of nitrogens with zero attached hydrogens (tertiary/aromatic N) is 1. The Morgan fingerprint density at radius 3 is 2.24 bits per heavy atom. The number of methoxy groups -OCH3 is 1. The van der Waals surface area contributed by atoms with Crippen LogP contribution in [0, 0.1) is 0 Å². The summed E-state index contributed by atoms with van der Waals surface area (Å²) in [6.45, 7) is 1.45. The maximum atomic E-state index is 13.0. The lowest BCUT2D eigenvalue weighted by atomic mass is 9.99. The summed E-state index contributed by atoms with van der Waals surface area (Å²) in [5, 5.41) is 15.1. The molecule has 46 heavy (non-hydrogen) atoms. The molecule has 4 atom stereocenters. The van der Waals surface area contributed by atoms with Gasteiger partial charge in [-0.05, 0) is 41.4 Å². The summed E-state index contributed by atoms with van der Waals surface area (Å²) in [5.74, 6) is -0.530. The first kappa shape index (κ1) is 32.8. The van der Waals surface area contributed by atoms with Crippen LogP contribution < -0.4 is 10.6 Å². The van der Waals surface area contributed by atoms with Gasteiger partial charge < -0.3 is 30.0 Å². The number of aliphatic hydroxyl groups excluding tert-OH is 1. The molecule has 0 bridgehead atoms. The van der Waals surface area contributed by atoms with Gasteiger partial charge in [0.15, 0.2) is 6.29 Å². The van der Waals surface area contributed by atoms with Crippen LogP contribution in [0.4, 0.5) is 10.5 Å². The van der Waals surface area contributed by atoms with Crippen molar-refractivity contribution in [1.82, 2.24) is 10.2 Å². The Bertz CT molecular complexity index is 1550. The maximum Gasteiger partial charge on any atom is 0.328 e. The van der Waals surface area contributed by atoms with E-state index in [0.717, 1.165) is 28.8 Å². The Morgan fingerprint density at radius 1 is 0.870 bits per heavy atom. The van der Waals surface area contributed by atoms with E-state index in [1.807, 2.05) is 91.0 Å². The fraction of sp³-hybridized carbons (Fsp3) is 0.297. The van der Waals surface area contributed by atoms with Crippen LogP contribution in [-0.2, 0) is 38.6 Å². The highest BCUT2D eigenvalue weighted by Gasteiger charge is 2.33. The minimum Gasteiger partial charge on any atom is -0.467 e. The van der Waals surface area contributed by atoms with Gasteiger partial charge in [-0.2, -0.15) is 0 Å². The number of ether oxygens (including phenoxy) is 3. The number of anilines is 1. The molecule has 1 aliphatic rings. The van der Waals surface area contributed by atoms with Crippen molar-refractivity contribution in [3.05, 3.63) is 137 Å². The quantitative estimate of drug-likeness (QED) is 0.172. The molecule has 4 aromatic rings. The van der Waals surface area contributed by atoms with Crippen LogP contribution in [0.3, 0.4) is 0 Å². The molecule has 5 rings (SSSR count). The molecule has 1 heterocycles. The first-order valence-electron chi connectivity index (χ1n) is 15.4. The summed E-state index contributed by atoms with van der Waals surface area (Å²) < 4.78 is 18.0. The monoisotopic (exact) mass is 623 g/mol. The fourth-order valence-electron chi connectivity index (χ4n) is 5.61. The van der Waals surface area contributed by atoms with Crippen molar-refractivity contribution in [3.8, 4) is 0 Å². The first-order valence-corrected chi connectivity index (χ1v) is 15.4. The molecular weight excluding hydrogens is 582 g/mol. The van der Waals surface area contributed by atoms with E-state index in [1.54, 1.807) is 6.07 Å². The lowest BCUT2D eigenvalue weighted by Crippen LogP contribution is -2.45. The summed E-state index contributed by atoms with van der Waals surface area (Å²) in [5.41, 5.74) is 5.23. The molecule has 9 heteroatoms. The van der Waals surface area contributed by atoms with Gasteiger partial charge in [0.05, 0.1) is 25.9 Å². The lowest BCUT2D eigenvalue weighted by molar-refractivity contribution is -0.252. The third-order valence-electron chi connectivity index (χ3n) is 7.92. The molecule has 1 saturated heterocycles. The first-order chi connectivity index (χ1) is 22.4. The van der Waals surface area contributed by atoms with Crippen molar-refractivity contribution < 1.29 is 28.9 Å². The summed E-state index contributed by atoms with van der Waals surface area (Å²) >= 11 is 0. The van der Waals surface area contributed by atoms with E-state index in [-0.39, 0.29) is 18.8 Å². The van der Waals surface area contributed by atoms with Gasteiger partial charge in [-0.25, -0.2) is 9.59 Å². The van der Waals surface area contributed by atoms with Crippen LogP contribution in [-0.4, -0.2) is 54.9 Å². The van der Waals surface area contributed by atoms with E-state index in [0.29, 0.717) is 25.1 Å². The third kappa shape index (κ3) is 9.24. The molecule has 0 saturated carbocycles. The molecule has 0 aliphatic carbocycles. The zero-order valence-corrected chi connectivity index (χ0v) is 26.2. The SMILES string of the molecule is COC(=O)[C@H](Cc1ccccc1)NC(=O)Nc1cccc([C@@H]2O[C@H](CN(C)Cc3ccccc3)C[C@H](c3ccc(CO)cc3)O2)c1. The predicted molar refractivity (Wildman–Crippen MR) is 176 cm³/mol. The van der Waals surface area contributed by atoms with Gasteiger partial charge in [0.25, 0.3) is 0 Å². The maximum absolute atomic E-state index is 13.0. The summed E-state index contributed by atoms with van der Waals surface area (Å²) in [6, 6.07) is 33.5. The van der Waals surface area contributed by atoms with Crippen molar-refractivity contribution in [2.45, 2.75) is 50.5 Å². The molecule has 9 nitrogen and oxygen atoms in total. The number of carbonyl (C=O) groups is 2. The largest absolute Gasteiger partial charge is 0.467 e. The predicted octanol–water partition coefficient (Wildman–Crippen LogP) is 5.76. The van der Waals surface area contributed by atoms with Gasteiger partial charge in [0, 0.05) is 37.2 Å². The Hall–Kier alpha value is -4.54. The Morgan fingerprint density at radius 2 is 1.57 bits per heavy atom. The van der Waals surface area contributed by atoms with Crippen molar-refractivity contribution in [3.63, 3.8) is 0 Å². The van der Waals surface area contributed by atoms with E-state index >= 15 is 0 Å². The molecule has 240 valence electrons. The highest BCUT2D eigenvalue weighted by molar-refractivity contribution is 5.92. The van der Waals surface area contributed by atoms with E-state index in [1.165, 1.54) is 12.7 Å². The minimum atomic E-state index is -0.854. The molecule has 0 spiro atoms. The fourth-order valence-corrected chi connectivity index (χ4v) is 5.61. The second-order valence-electron chi connectivity index (χ2n) is 11.5. The van der Waals surface area contributed by atoms with Crippen molar-refractivity contribution in [2.24, 2.45) is 0 Å². The topological polar surface area (TPSA) is 109 Å². The average molecular weight is 624 g/mol. The van der Waals surface area contributed by atoms with Crippen LogP contribution in [0.15, 0.2) is 109 Å². The number of aliphatic hydroxyl groups is 1. The van der Waals surface area contributed by atoms with Crippen molar-refractivity contribution in [1.29, 1.82) is 0 Å². The van der Waals surface area contributed by atoms with Gasteiger partial charge in [0.2, 0.25) is 0 Å². The standard InChI is InChI=1S/C37H41N3O6/c1-40(23-27-12-7-4-8-13-27)24-32-22-34(29-18-16-28(25-41)17-19-29)46-36(45-32)30-14-9-15-31(21-30)38-37(43)39-33(35(42)44-2)20-26-10-5-3-6-11-26/h3-19,21,32-34,36,41H,20,22-25H2,1-2H3,(H2,38,39,43)/t32-,33-,34+,36+/m0/s1. The molecule has 1 fully saturated rings. The highest BCUT2D eigenvalue weighted by Crippen LogP contribution is 2.38. The number of amides is 2. The zero-order chi connectivity index (χ0) is 32.3. The normalized spacial score (nSPS) is 18.5. The second kappa shape index (κ2) is 16.1. The molecule has 0 unspecified atom stereocenters. The highest BCUT2D eigenvalue weighted by atomic mass is 16.7. The Balaban J connectivity index is 1.29. The van der Waals surface area contributed by atoms with E-state index in [4.69, 9.17) is 14.2 Å². The van der Waals surface area contributed by atoms with Crippen LogP contribution in [0.1, 0.15) is 46.6 Å². The van der Waals surface area contributed by atoms with Gasteiger partial charge >= 0.3 is 12.0 Å². The lowest BCUT2D eigenvalue weighted by Gasteiger charge is -2.38. The summed E-state index contributed by atoms with van der Waals surface area (Å²) in [4.78, 5) is 27.7. The van der Waals surface area contributed by atoms with Gasteiger partial charge in [-0.3, -0.25) is 4.90 Å². The number of carbonyl (C=O) groups excluding carboxylic acids is 2. The van der Waals surface area contributed by atoms with Crippen LogP contribution in [0.5, 0.6) is 0 Å². The van der Waals surface area contributed by atoms with Crippen LogP contribution >= 0.6 is 0 Å². The van der Waals surface area contributed by atoms with Crippen molar-refractivity contribution >= 4 is 17.7 Å². The number of hydrogen-bond acceptors (Lipinski definition) is 7. The molecule has 0 aromatic heterocycles. The number of likely N-dealkylation sites (N-methyl/N-ethyl adjacent to an activating group) is 1. The summed E-state index contributed by atoms with van der Waals surface area (Å²) in [6.07, 6.45) is -0.0952. The van der Waals surface area contributed by atoms with E-state index in [2.05, 4.69) is 34.7 Å². The third-order valence-corrected chi connectivity index (χ3v) is 7.92. The number of urea groups is 1. The molecule has 2 amide bonds. The van der Waals surface area contributed by atoms with Crippen molar-refractivity contribution in [2.75, 3.05) is 26.0 Å². The number of rotatable bonds is 12. The molecule has 4 aromatic carbocycles.